The van der Waals surface area contributed by atoms with Crippen molar-refractivity contribution >= 4 is 21.6 Å². The summed E-state index contributed by atoms with van der Waals surface area (Å²) in [5.74, 6) is -1.61. The van der Waals surface area contributed by atoms with Crippen LogP contribution in [0, 0.1) is 11.6 Å². The average Bonchev–Trinajstić information content (AvgIpc) is 2.79. The molecule has 9 heteroatoms. The molecule has 2 aromatic carbocycles. The molecule has 1 fully saturated rings. The molecule has 0 aromatic heterocycles. The molecule has 174 valence electrons. The van der Waals surface area contributed by atoms with Crippen LogP contribution in [0.5, 0.6) is 0 Å². The molecule has 0 spiro atoms. The highest BCUT2D eigenvalue weighted by molar-refractivity contribution is 7.92. The van der Waals surface area contributed by atoms with E-state index in [9.17, 15) is 22.0 Å². The van der Waals surface area contributed by atoms with Gasteiger partial charge in [0.05, 0.1) is 16.7 Å². The molecule has 6 nitrogen and oxygen atoms in total. The molecule has 0 unspecified atom stereocenters. The average molecular weight is 467 g/mol. The van der Waals surface area contributed by atoms with Crippen molar-refractivity contribution in [2.75, 3.05) is 24.0 Å². The number of rotatable bonds is 10. The van der Waals surface area contributed by atoms with E-state index in [4.69, 9.17) is 4.74 Å². The van der Waals surface area contributed by atoms with Gasteiger partial charge in [-0.15, -0.1) is 0 Å². The standard InChI is InChI=1S/C23H28F2N2O4S/c24-18-7-11-20(12-8-18)27(32(29,30)22-13-9-19(25)10-14-22)17-23(28)26-15-4-16-31-21-5-2-1-3-6-21/h7-14,21H,1-6,15-17H2,(H,26,28). The number of halogens is 2. The van der Waals surface area contributed by atoms with E-state index in [-0.39, 0.29) is 16.7 Å². The number of carbonyl (C=O) groups excluding carboxylic acids is 1. The predicted octanol–water partition coefficient (Wildman–Crippen LogP) is 4.02. The summed E-state index contributed by atoms with van der Waals surface area (Å²) in [5, 5.41) is 2.71. The molecule has 3 rings (SSSR count). The number of amides is 1. The van der Waals surface area contributed by atoms with Crippen LogP contribution < -0.4 is 9.62 Å². The Morgan fingerprint density at radius 3 is 2.19 bits per heavy atom. The lowest BCUT2D eigenvalue weighted by Gasteiger charge is -2.24. The minimum absolute atomic E-state index is 0.131. The van der Waals surface area contributed by atoms with Crippen molar-refractivity contribution in [1.82, 2.24) is 5.32 Å². The van der Waals surface area contributed by atoms with Crippen LogP contribution in [0.3, 0.4) is 0 Å². The highest BCUT2D eigenvalue weighted by atomic mass is 32.2. The summed E-state index contributed by atoms with van der Waals surface area (Å²) in [5.41, 5.74) is 0.131. The van der Waals surface area contributed by atoms with Crippen molar-refractivity contribution in [3.63, 3.8) is 0 Å². The third-order valence-electron chi connectivity index (χ3n) is 5.35. The number of benzene rings is 2. The molecule has 1 aliphatic rings. The first kappa shape index (κ1) is 24.1. The topological polar surface area (TPSA) is 75.7 Å². The number of ether oxygens (including phenoxy) is 1. The minimum Gasteiger partial charge on any atom is -0.378 e. The van der Waals surface area contributed by atoms with E-state index < -0.39 is 34.1 Å². The van der Waals surface area contributed by atoms with Crippen molar-refractivity contribution < 1.29 is 26.7 Å². The van der Waals surface area contributed by atoms with E-state index in [1.165, 1.54) is 31.4 Å². The molecule has 0 atom stereocenters. The van der Waals surface area contributed by atoms with E-state index in [0.29, 0.717) is 19.6 Å². The van der Waals surface area contributed by atoms with Crippen LogP contribution in [-0.4, -0.2) is 40.1 Å². The first-order valence-corrected chi connectivity index (χ1v) is 12.2. The Kier molecular flexibility index (Phi) is 8.58. The Bertz CT molecular complexity index is 976. The van der Waals surface area contributed by atoms with Crippen molar-refractivity contribution in [3.8, 4) is 0 Å². The normalized spacial score (nSPS) is 14.8. The van der Waals surface area contributed by atoms with Gasteiger partial charge in [0.1, 0.15) is 18.2 Å². The van der Waals surface area contributed by atoms with E-state index in [1.807, 2.05) is 0 Å². The lowest BCUT2D eigenvalue weighted by molar-refractivity contribution is -0.119. The van der Waals surface area contributed by atoms with Gasteiger partial charge < -0.3 is 10.1 Å². The molecule has 1 aliphatic carbocycles. The zero-order chi connectivity index (χ0) is 23.0. The molecule has 1 amide bonds. The third-order valence-corrected chi connectivity index (χ3v) is 7.14. The zero-order valence-electron chi connectivity index (χ0n) is 17.8. The van der Waals surface area contributed by atoms with Crippen LogP contribution >= 0.6 is 0 Å². The summed E-state index contributed by atoms with van der Waals surface area (Å²) in [6, 6.07) is 9.10. The number of nitrogens with zero attached hydrogens (tertiary/aromatic N) is 1. The highest BCUT2D eigenvalue weighted by Crippen LogP contribution is 2.24. The van der Waals surface area contributed by atoms with Gasteiger partial charge in [-0.25, -0.2) is 17.2 Å². The molecule has 0 saturated heterocycles. The fourth-order valence-corrected chi connectivity index (χ4v) is 5.05. The quantitative estimate of drug-likeness (QED) is 0.537. The minimum atomic E-state index is -4.17. The SMILES string of the molecule is O=C(CN(c1ccc(F)cc1)S(=O)(=O)c1ccc(F)cc1)NCCCOC1CCCCC1. The van der Waals surface area contributed by atoms with E-state index in [0.717, 1.165) is 53.5 Å². The van der Waals surface area contributed by atoms with Crippen molar-refractivity contribution in [1.29, 1.82) is 0 Å². The molecule has 1 N–H and O–H groups in total. The molecule has 0 aliphatic heterocycles. The van der Waals surface area contributed by atoms with Gasteiger partial charge in [0.2, 0.25) is 5.91 Å². The second kappa shape index (κ2) is 11.4. The van der Waals surface area contributed by atoms with Gasteiger partial charge in [-0.1, -0.05) is 19.3 Å². The van der Waals surface area contributed by atoms with Gasteiger partial charge in [-0.3, -0.25) is 9.10 Å². The highest BCUT2D eigenvalue weighted by Gasteiger charge is 2.27. The number of carbonyl (C=O) groups is 1. The Hall–Kier alpha value is -2.52. The number of hydrogen-bond acceptors (Lipinski definition) is 4. The lowest BCUT2D eigenvalue weighted by atomic mass is 9.98. The van der Waals surface area contributed by atoms with E-state index >= 15 is 0 Å². The maximum atomic E-state index is 13.3. The molecule has 32 heavy (non-hydrogen) atoms. The van der Waals surface area contributed by atoms with E-state index in [1.54, 1.807) is 0 Å². The van der Waals surface area contributed by atoms with Crippen LogP contribution in [0.2, 0.25) is 0 Å². The second-order valence-electron chi connectivity index (χ2n) is 7.78. The Morgan fingerprint density at radius 2 is 1.56 bits per heavy atom. The number of hydrogen-bond donors (Lipinski definition) is 1. The van der Waals surface area contributed by atoms with Gasteiger partial charge in [0.25, 0.3) is 10.0 Å². The predicted molar refractivity (Wildman–Crippen MR) is 118 cm³/mol. The Labute approximate surface area is 187 Å². The fraction of sp³-hybridized carbons (Fsp3) is 0.435. The molecule has 0 radical (unpaired) electrons. The van der Waals surface area contributed by atoms with Crippen LogP contribution in [0.15, 0.2) is 53.4 Å². The number of anilines is 1. The number of nitrogens with one attached hydrogen (secondary N) is 1. The summed E-state index contributed by atoms with van der Waals surface area (Å²) in [6.07, 6.45) is 6.66. The van der Waals surface area contributed by atoms with Crippen LogP contribution in [0.25, 0.3) is 0 Å². The molecule has 0 heterocycles. The lowest BCUT2D eigenvalue weighted by Crippen LogP contribution is -2.41. The Morgan fingerprint density at radius 1 is 0.969 bits per heavy atom. The maximum Gasteiger partial charge on any atom is 0.264 e. The molecule has 2 aromatic rings. The molecular weight excluding hydrogens is 438 g/mol. The largest absolute Gasteiger partial charge is 0.378 e. The summed E-state index contributed by atoms with van der Waals surface area (Å²) >= 11 is 0. The molecule has 1 saturated carbocycles. The second-order valence-corrected chi connectivity index (χ2v) is 9.64. The molecular formula is C23H28F2N2O4S. The summed E-state index contributed by atoms with van der Waals surface area (Å²) in [4.78, 5) is 12.3. The van der Waals surface area contributed by atoms with Gasteiger partial charge in [-0.05, 0) is 67.8 Å². The zero-order valence-corrected chi connectivity index (χ0v) is 18.6. The van der Waals surface area contributed by atoms with Gasteiger partial charge in [0, 0.05) is 13.2 Å². The third kappa shape index (κ3) is 6.74. The smallest absolute Gasteiger partial charge is 0.264 e. The summed E-state index contributed by atoms with van der Waals surface area (Å²) in [7, 11) is -4.17. The van der Waals surface area contributed by atoms with Crippen LogP contribution in [0.4, 0.5) is 14.5 Å². The van der Waals surface area contributed by atoms with Crippen LogP contribution in [-0.2, 0) is 19.6 Å². The first-order chi connectivity index (χ1) is 15.4. The van der Waals surface area contributed by atoms with E-state index in [2.05, 4.69) is 5.32 Å². The summed E-state index contributed by atoms with van der Waals surface area (Å²) < 4.78 is 59.6. The van der Waals surface area contributed by atoms with Gasteiger partial charge in [-0.2, -0.15) is 0 Å². The Balaban J connectivity index is 1.61. The number of sulfonamides is 1. The van der Waals surface area contributed by atoms with Crippen molar-refractivity contribution in [2.45, 2.75) is 49.5 Å². The van der Waals surface area contributed by atoms with Crippen LogP contribution in [0.1, 0.15) is 38.5 Å². The first-order valence-electron chi connectivity index (χ1n) is 10.8. The summed E-state index contributed by atoms with van der Waals surface area (Å²) in [6.45, 7) is 0.384. The van der Waals surface area contributed by atoms with Crippen molar-refractivity contribution in [3.05, 3.63) is 60.2 Å². The monoisotopic (exact) mass is 466 g/mol. The maximum absolute atomic E-state index is 13.3. The molecule has 0 bridgehead atoms. The van der Waals surface area contributed by atoms with Gasteiger partial charge in [0.15, 0.2) is 0 Å². The fourth-order valence-electron chi connectivity index (χ4n) is 3.62. The van der Waals surface area contributed by atoms with Crippen molar-refractivity contribution in [2.24, 2.45) is 0 Å². The van der Waals surface area contributed by atoms with Gasteiger partial charge >= 0.3 is 0 Å².